The highest BCUT2D eigenvalue weighted by Crippen LogP contribution is 2.34. The molecule has 1 saturated heterocycles. The first-order valence-electron chi connectivity index (χ1n) is 9.62. The highest BCUT2D eigenvalue weighted by molar-refractivity contribution is 5.55. The summed E-state index contributed by atoms with van der Waals surface area (Å²) in [6.45, 7) is 2.62. The summed E-state index contributed by atoms with van der Waals surface area (Å²) in [5.41, 5.74) is 2.02. The molecular formula is C22H25N3O4. The summed E-state index contributed by atoms with van der Waals surface area (Å²) in [7, 11) is 4.98. The topological polar surface area (TPSA) is 69.9 Å². The summed E-state index contributed by atoms with van der Waals surface area (Å²) in [5, 5.41) is 4.16. The van der Waals surface area contributed by atoms with Gasteiger partial charge in [0.1, 0.15) is 5.75 Å². The maximum atomic E-state index is 5.58. The molecule has 0 saturated carbocycles. The van der Waals surface area contributed by atoms with Crippen molar-refractivity contribution in [2.75, 3.05) is 34.4 Å². The molecule has 2 heterocycles. The Labute approximate surface area is 170 Å². The Kier molecular flexibility index (Phi) is 5.67. The van der Waals surface area contributed by atoms with Gasteiger partial charge in [0.2, 0.25) is 11.7 Å². The van der Waals surface area contributed by atoms with Gasteiger partial charge in [0.05, 0.1) is 27.2 Å². The summed E-state index contributed by atoms with van der Waals surface area (Å²) >= 11 is 0. The van der Waals surface area contributed by atoms with Gasteiger partial charge in [-0.05, 0) is 43.3 Å². The quantitative estimate of drug-likeness (QED) is 0.603. The van der Waals surface area contributed by atoms with Crippen LogP contribution in [-0.2, 0) is 6.54 Å². The molecule has 1 aromatic heterocycles. The maximum Gasteiger partial charge on any atom is 0.231 e. The molecule has 1 aliphatic heterocycles. The predicted octanol–water partition coefficient (Wildman–Crippen LogP) is 3.75. The molecular weight excluding hydrogens is 370 g/mol. The molecule has 7 heteroatoms. The lowest BCUT2D eigenvalue weighted by atomic mass is 10.1. The molecule has 0 bridgehead atoms. The highest BCUT2D eigenvalue weighted by atomic mass is 16.5. The van der Waals surface area contributed by atoms with Gasteiger partial charge in [-0.25, -0.2) is 0 Å². The third kappa shape index (κ3) is 4.05. The standard InChI is InChI=1S/C22H25N3O4/c1-26-18-9-7-15(8-10-18)21-23-22(29-24-21)17-11-12-25(14-17)13-16-5-4-6-19(27-2)20(16)28-3/h4-10,17H,11-14H2,1-3H3. The molecule has 1 atom stereocenters. The Morgan fingerprint density at radius 2 is 1.86 bits per heavy atom. The second-order valence-corrected chi connectivity index (χ2v) is 7.06. The van der Waals surface area contributed by atoms with E-state index in [9.17, 15) is 0 Å². The van der Waals surface area contributed by atoms with Crippen molar-refractivity contribution < 1.29 is 18.7 Å². The Balaban J connectivity index is 1.43. The normalized spacial score (nSPS) is 16.7. The molecule has 0 aliphatic carbocycles. The van der Waals surface area contributed by atoms with Gasteiger partial charge in [-0.2, -0.15) is 4.98 Å². The van der Waals surface area contributed by atoms with E-state index in [-0.39, 0.29) is 5.92 Å². The van der Waals surface area contributed by atoms with E-state index in [1.54, 1.807) is 21.3 Å². The molecule has 0 amide bonds. The third-order valence-electron chi connectivity index (χ3n) is 5.29. The lowest BCUT2D eigenvalue weighted by Gasteiger charge is -2.18. The number of likely N-dealkylation sites (tertiary alicyclic amines) is 1. The zero-order valence-corrected chi connectivity index (χ0v) is 16.9. The minimum atomic E-state index is 0.228. The highest BCUT2D eigenvalue weighted by Gasteiger charge is 2.29. The van der Waals surface area contributed by atoms with Crippen LogP contribution in [0, 0.1) is 0 Å². The Morgan fingerprint density at radius 3 is 2.59 bits per heavy atom. The van der Waals surface area contributed by atoms with Crippen LogP contribution in [0.15, 0.2) is 47.0 Å². The van der Waals surface area contributed by atoms with Crippen molar-refractivity contribution >= 4 is 0 Å². The lowest BCUT2D eigenvalue weighted by molar-refractivity contribution is 0.298. The first-order chi connectivity index (χ1) is 14.2. The fraction of sp³-hybridized carbons (Fsp3) is 0.364. The van der Waals surface area contributed by atoms with Gasteiger partial charge < -0.3 is 18.7 Å². The van der Waals surface area contributed by atoms with Crippen LogP contribution in [0.2, 0.25) is 0 Å². The number of nitrogens with zero attached hydrogens (tertiary/aromatic N) is 3. The van der Waals surface area contributed by atoms with E-state index in [0.29, 0.717) is 11.7 Å². The Bertz CT molecular complexity index is 955. The van der Waals surface area contributed by atoms with E-state index in [1.807, 2.05) is 36.4 Å². The fourth-order valence-corrected chi connectivity index (χ4v) is 3.76. The zero-order valence-electron chi connectivity index (χ0n) is 16.9. The van der Waals surface area contributed by atoms with Gasteiger partial charge >= 0.3 is 0 Å². The van der Waals surface area contributed by atoms with Crippen LogP contribution in [0.4, 0.5) is 0 Å². The van der Waals surface area contributed by atoms with Gasteiger partial charge in [0.15, 0.2) is 11.5 Å². The molecule has 4 rings (SSSR count). The summed E-state index contributed by atoms with van der Waals surface area (Å²) in [4.78, 5) is 7.00. The molecule has 0 N–H and O–H groups in total. The lowest BCUT2D eigenvalue weighted by Crippen LogP contribution is -2.20. The molecule has 29 heavy (non-hydrogen) atoms. The molecule has 3 aromatic rings. The number of para-hydroxylation sites is 1. The van der Waals surface area contributed by atoms with E-state index >= 15 is 0 Å². The number of benzene rings is 2. The van der Waals surface area contributed by atoms with Crippen molar-refractivity contribution in [1.82, 2.24) is 15.0 Å². The smallest absolute Gasteiger partial charge is 0.231 e. The molecule has 0 radical (unpaired) electrons. The van der Waals surface area contributed by atoms with Crippen molar-refractivity contribution in [3.05, 3.63) is 53.9 Å². The fourth-order valence-electron chi connectivity index (χ4n) is 3.76. The number of methoxy groups -OCH3 is 3. The molecule has 7 nitrogen and oxygen atoms in total. The Hall–Kier alpha value is -3.06. The molecule has 2 aromatic carbocycles. The van der Waals surface area contributed by atoms with Crippen LogP contribution in [0.5, 0.6) is 17.2 Å². The van der Waals surface area contributed by atoms with Crippen LogP contribution in [0.25, 0.3) is 11.4 Å². The Morgan fingerprint density at radius 1 is 1.03 bits per heavy atom. The number of rotatable bonds is 7. The SMILES string of the molecule is COc1ccc(-c2noc(C3CCN(Cc4cccc(OC)c4OC)C3)n2)cc1. The summed E-state index contributed by atoms with van der Waals surface area (Å²) < 4.78 is 21.7. The van der Waals surface area contributed by atoms with E-state index in [1.165, 1.54) is 0 Å². The molecule has 1 fully saturated rings. The van der Waals surface area contributed by atoms with E-state index < -0.39 is 0 Å². The van der Waals surface area contributed by atoms with Crippen LogP contribution in [0.3, 0.4) is 0 Å². The zero-order chi connectivity index (χ0) is 20.2. The number of ether oxygens (including phenoxy) is 3. The van der Waals surface area contributed by atoms with E-state index in [2.05, 4.69) is 21.1 Å². The van der Waals surface area contributed by atoms with Crippen LogP contribution >= 0.6 is 0 Å². The minimum absolute atomic E-state index is 0.228. The largest absolute Gasteiger partial charge is 0.497 e. The van der Waals surface area contributed by atoms with Crippen LogP contribution in [-0.4, -0.2) is 49.5 Å². The van der Waals surface area contributed by atoms with Gasteiger partial charge in [0.25, 0.3) is 0 Å². The number of hydrogen-bond donors (Lipinski definition) is 0. The van der Waals surface area contributed by atoms with E-state index in [4.69, 9.17) is 18.7 Å². The van der Waals surface area contributed by atoms with Crippen LogP contribution in [0.1, 0.15) is 23.8 Å². The second-order valence-electron chi connectivity index (χ2n) is 7.06. The van der Waals surface area contributed by atoms with Crippen molar-refractivity contribution in [2.45, 2.75) is 18.9 Å². The summed E-state index contributed by atoms with van der Waals surface area (Å²) in [5.74, 6) is 3.87. The first kappa shape index (κ1) is 19.3. The van der Waals surface area contributed by atoms with Crippen molar-refractivity contribution in [1.29, 1.82) is 0 Å². The molecule has 1 unspecified atom stereocenters. The summed E-state index contributed by atoms with van der Waals surface area (Å²) in [6, 6.07) is 13.6. The van der Waals surface area contributed by atoms with Gasteiger partial charge in [-0.3, -0.25) is 4.90 Å². The van der Waals surface area contributed by atoms with Gasteiger partial charge in [0, 0.05) is 24.2 Å². The number of hydrogen-bond acceptors (Lipinski definition) is 7. The average molecular weight is 395 g/mol. The monoisotopic (exact) mass is 395 g/mol. The molecule has 152 valence electrons. The van der Waals surface area contributed by atoms with Crippen molar-refractivity contribution in [3.8, 4) is 28.6 Å². The molecule has 0 spiro atoms. The minimum Gasteiger partial charge on any atom is -0.497 e. The number of aromatic nitrogens is 2. The maximum absolute atomic E-state index is 5.58. The van der Waals surface area contributed by atoms with Gasteiger partial charge in [-0.15, -0.1) is 0 Å². The van der Waals surface area contributed by atoms with Crippen molar-refractivity contribution in [2.24, 2.45) is 0 Å². The van der Waals surface area contributed by atoms with Crippen LogP contribution < -0.4 is 14.2 Å². The predicted molar refractivity (Wildman–Crippen MR) is 108 cm³/mol. The van der Waals surface area contributed by atoms with E-state index in [0.717, 1.165) is 54.4 Å². The summed E-state index contributed by atoms with van der Waals surface area (Å²) in [6.07, 6.45) is 0.983. The first-order valence-corrected chi connectivity index (χ1v) is 9.62. The average Bonchev–Trinajstić information content (AvgIpc) is 3.43. The van der Waals surface area contributed by atoms with Gasteiger partial charge in [-0.1, -0.05) is 17.3 Å². The second kappa shape index (κ2) is 8.53. The van der Waals surface area contributed by atoms with Crippen molar-refractivity contribution in [3.63, 3.8) is 0 Å². The third-order valence-corrected chi connectivity index (χ3v) is 5.29. The molecule has 1 aliphatic rings.